The summed E-state index contributed by atoms with van der Waals surface area (Å²) < 4.78 is 14.7. The molecule has 1 atom stereocenters. The van der Waals surface area contributed by atoms with Gasteiger partial charge >= 0.3 is 0 Å². The van der Waals surface area contributed by atoms with Crippen LogP contribution in [0.25, 0.3) is 11.3 Å². The van der Waals surface area contributed by atoms with Crippen molar-refractivity contribution in [3.8, 4) is 11.3 Å². The Hall–Kier alpha value is -4.02. The van der Waals surface area contributed by atoms with Crippen LogP contribution in [-0.2, 0) is 11.3 Å². The summed E-state index contributed by atoms with van der Waals surface area (Å²) in [4.78, 5) is 47.0. The Morgan fingerprint density at radius 3 is 2.51 bits per heavy atom. The summed E-state index contributed by atoms with van der Waals surface area (Å²) in [6, 6.07) is 14.0. The third-order valence-corrected chi connectivity index (χ3v) is 6.21. The molecule has 0 fully saturated rings. The Morgan fingerprint density at radius 1 is 1.11 bits per heavy atom. The minimum Gasteiger partial charge on any atom is -0.309 e. The first-order chi connectivity index (χ1) is 16.9. The van der Waals surface area contributed by atoms with Crippen molar-refractivity contribution in [3.63, 3.8) is 0 Å². The van der Waals surface area contributed by atoms with Gasteiger partial charge in [-0.25, -0.2) is 14.4 Å². The van der Waals surface area contributed by atoms with Crippen molar-refractivity contribution in [2.45, 2.75) is 19.5 Å². The molecule has 10 heteroatoms. The number of rotatable bonds is 8. The van der Waals surface area contributed by atoms with Crippen molar-refractivity contribution in [2.24, 2.45) is 0 Å². The minimum absolute atomic E-state index is 0.0669. The lowest BCUT2D eigenvalue weighted by Gasteiger charge is -2.15. The fourth-order valence-corrected chi connectivity index (χ4v) is 4.06. The SMILES string of the molecule is CNC(C)C(=O)Nc1ncc(-c2ccccc2)n(Cc2nc(C(=O)c3ccc(F)cc3)cs2)c1=O. The number of anilines is 1. The van der Waals surface area contributed by atoms with Crippen LogP contribution in [0.3, 0.4) is 0 Å². The first-order valence-electron chi connectivity index (χ1n) is 10.8. The molecule has 0 aliphatic carbocycles. The highest BCUT2D eigenvalue weighted by Crippen LogP contribution is 2.21. The summed E-state index contributed by atoms with van der Waals surface area (Å²) in [5, 5.41) is 7.50. The predicted molar refractivity (Wildman–Crippen MR) is 132 cm³/mol. The van der Waals surface area contributed by atoms with Crippen LogP contribution in [0.2, 0.25) is 0 Å². The Balaban J connectivity index is 1.69. The molecule has 4 aromatic rings. The van der Waals surface area contributed by atoms with E-state index in [0.29, 0.717) is 16.3 Å². The van der Waals surface area contributed by atoms with E-state index >= 15 is 0 Å². The van der Waals surface area contributed by atoms with Gasteiger partial charge in [0, 0.05) is 10.9 Å². The van der Waals surface area contributed by atoms with Crippen LogP contribution < -0.4 is 16.2 Å². The van der Waals surface area contributed by atoms with Gasteiger partial charge in [0.1, 0.15) is 16.5 Å². The molecular formula is C25H22FN5O3S. The topological polar surface area (TPSA) is 106 Å². The molecule has 0 aliphatic heterocycles. The zero-order valence-corrected chi connectivity index (χ0v) is 19.8. The highest BCUT2D eigenvalue weighted by molar-refractivity contribution is 7.09. The maximum atomic E-state index is 13.3. The second-order valence-corrected chi connectivity index (χ2v) is 8.65. The van der Waals surface area contributed by atoms with Crippen LogP contribution in [0, 0.1) is 5.82 Å². The van der Waals surface area contributed by atoms with Crippen LogP contribution in [0.5, 0.6) is 0 Å². The fourth-order valence-electron chi connectivity index (χ4n) is 3.30. The number of amides is 1. The van der Waals surface area contributed by atoms with Gasteiger partial charge < -0.3 is 10.6 Å². The first kappa shape index (κ1) is 24.1. The maximum Gasteiger partial charge on any atom is 0.294 e. The normalized spacial score (nSPS) is 11.7. The Labute approximate surface area is 204 Å². The summed E-state index contributed by atoms with van der Waals surface area (Å²) in [6.07, 6.45) is 1.52. The summed E-state index contributed by atoms with van der Waals surface area (Å²) in [7, 11) is 1.64. The molecule has 0 saturated carbocycles. The molecule has 2 aromatic carbocycles. The number of hydrogen-bond acceptors (Lipinski definition) is 7. The lowest BCUT2D eigenvalue weighted by atomic mass is 10.1. The Bertz CT molecular complexity index is 1420. The number of nitrogens with one attached hydrogen (secondary N) is 2. The molecular weight excluding hydrogens is 469 g/mol. The third kappa shape index (κ3) is 5.39. The van der Waals surface area contributed by atoms with E-state index in [2.05, 4.69) is 20.6 Å². The monoisotopic (exact) mass is 491 g/mol. The van der Waals surface area contributed by atoms with Crippen LogP contribution >= 0.6 is 11.3 Å². The van der Waals surface area contributed by atoms with Gasteiger partial charge in [-0.05, 0) is 43.8 Å². The second kappa shape index (κ2) is 10.5. The van der Waals surface area contributed by atoms with E-state index in [1.807, 2.05) is 30.3 Å². The molecule has 35 heavy (non-hydrogen) atoms. The molecule has 0 aliphatic rings. The van der Waals surface area contributed by atoms with E-state index in [0.717, 1.165) is 5.56 Å². The van der Waals surface area contributed by atoms with E-state index in [1.165, 1.54) is 46.4 Å². The molecule has 2 aromatic heterocycles. The number of hydrogen-bond donors (Lipinski definition) is 2. The Kier molecular flexibility index (Phi) is 7.23. The lowest BCUT2D eigenvalue weighted by Crippen LogP contribution is -2.38. The zero-order chi connectivity index (χ0) is 24.9. The zero-order valence-electron chi connectivity index (χ0n) is 19.0. The van der Waals surface area contributed by atoms with Crippen molar-refractivity contribution in [3.05, 3.63) is 98.6 Å². The van der Waals surface area contributed by atoms with Crippen LogP contribution in [0.1, 0.15) is 28.0 Å². The largest absolute Gasteiger partial charge is 0.309 e. The molecule has 1 amide bonds. The number of thiazole rings is 1. The van der Waals surface area contributed by atoms with E-state index in [-0.39, 0.29) is 23.8 Å². The summed E-state index contributed by atoms with van der Waals surface area (Å²) >= 11 is 1.23. The van der Waals surface area contributed by atoms with Crippen molar-refractivity contribution in [2.75, 3.05) is 12.4 Å². The number of carbonyl (C=O) groups is 2. The smallest absolute Gasteiger partial charge is 0.294 e. The van der Waals surface area contributed by atoms with E-state index in [4.69, 9.17) is 0 Å². The van der Waals surface area contributed by atoms with Gasteiger partial charge in [-0.2, -0.15) is 0 Å². The standard InChI is InChI=1S/C25H22FN5O3S/c1-15(27-2)24(33)30-23-25(34)31(20(12-28-23)16-6-4-3-5-7-16)13-21-29-19(14-35-21)22(32)17-8-10-18(26)11-9-17/h3-12,14-15,27H,13H2,1-2H3,(H,28,30,33). The number of likely N-dealkylation sites (N-methyl/N-ethyl adjacent to an activating group) is 1. The van der Waals surface area contributed by atoms with Crippen molar-refractivity contribution >= 4 is 28.8 Å². The molecule has 2 heterocycles. The van der Waals surface area contributed by atoms with Gasteiger partial charge in [0.05, 0.1) is 24.5 Å². The molecule has 0 radical (unpaired) electrons. The van der Waals surface area contributed by atoms with E-state index in [9.17, 15) is 18.8 Å². The molecule has 2 N–H and O–H groups in total. The third-order valence-electron chi connectivity index (χ3n) is 5.38. The van der Waals surface area contributed by atoms with Crippen molar-refractivity contribution < 1.29 is 14.0 Å². The number of aromatic nitrogens is 3. The molecule has 0 bridgehead atoms. The van der Waals surface area contributed by atoms with E-state index in [1.54, 1.807) is 19.4 Å². The molecule has 0 saturated heterocycles. The van der Waals surface area contributed by atoms with Gasteiger partial charge in [0.15, 0.2) is 5.82 Å². The lowest BCUT2D eigenvalue weighted by molar-refractivity contribution is -0.117. The second-order valence-electron chi connectivity index (χ2n) is 7.71. The number of nitrogens with zero attached hydrogens (tertiary/aromatic N) is 3. The van der Waals surface area contributed by atoms with Crippen LogP contribution in [0.4, 0.5) is 10.2 Å². The highest BCUT2D eigenvalue weighted by atomic mass is 32.1. The molecule has 4 rings (SSSR count). The van der Waals surface area contributed by atoms with Gasteiger partial charge in [-0.3, -0.25) is 19.0 Å². The predicted octanol–water partition coefficient (Wildman–Crippen LogP) is 3.33. The molecule has 1 unspecified atom stereocenters. The van der Waals surface area contributed by atoms with E-state index < -0.39 is 23.3 Å². The van der Waals surface area contributed by atoms with Crippen LogP contribution in [0.15, 0.2) is 71.0 Å². The van der Waals surface area contributed by atoms with Crippen molar-refractivity contribution in [1.82, 2.24) is 19.9 Å². The van der Waals surface area contributed by atoms with Gasteiger partial charge in [-0.15, -0.1) is 11.3 Å². The average molecular weight is 492 g/mol. The van der Waals surface area contributed by atoms with Crippen molar-refractivity contribution in [1.29, 1.82) is 0 Å². The highest BCUT2D eigenvalue weighted by Gasteiger charge is 2.19. The summed E-state index contributed by atoms with van der Waals surface area (Å²) in [6.45, 7) is 1.73. The maximum absolute atomic E-state index is 13.3. The number of carbonyl (C=O) groups excluding carboxylic acids is 2. The van der Waals surface area contributed by atoms with Gasteiger partial charge in [0.25, 0.3) is 5.56 Å². The quantitative estimate of drug-likeness (QED) is 0.366. The molecule has 178 valence electrons. The number of benzene rings is 2. The Morgan fingerprint density at radius 2 is 1.83 bits per heavy atom. The summed E-state index contributed by atoms with van der Waals surface area (Å²) in [5.41, 5.74) is 1.33. The number of ketones is 1. The fraction of sp³-hybridized carbons (Fsp3) is 0.160. The molecule has 8 nitrogen and oxygen atoms in total. The van der Waals surface area contributed by atoms with Gasteiger partial charge in [0.2, 0.25) is 11.7 Å². The molecule has 0 spiro atoms. The number of halogens is 1. The van der Waals surface area contributed by atoms with Gasteiger partial charge in [-0.1, -0.05) is 30.3 Å². The first-order valence-corrected chi connectivity index (χ1v) is 11.6. The minimum atomic E-state index is -0.516. The van der Waals surface area contributed by atoms with Crippen LogP contribution in [-0.4, -0.2) is 39.3 Å². The average Bonchev–Trinajstić information content (AvgIpc) is 3.35. The summed E-state index contributed by atoms with van der Waals surface area (Å²) in [5.74, 6) is -1.27.